The van der Waals surface area contributed by atoms with Crippen molar-refractivity contribution in [1.29, 1.82) is 0 Å². The first-order valence-electron chi connectivity index (χ1n) is 7.73. The van der Waals surface area contributed by atoms with Gasteiger partial charge in [0, 0.05) is 25.4 Å². The number of aromatic nitrogens is 3. The Hall–Kier alpha value is -2.54. The molecule has 0 fully saturated rings. The lowest BCUT2D eigenvalue weighted by atomic mass is 10.1. The fraction of sp³-hybridized carbons (Fsp3) is 0.235. The Morgan fingerprint density at radius 2 is 1.96 bits per heavy atom. The summed E-state index contributed by atoms with van der Waals surface area (Å²) >= 11 is 1.52. The molecule has 5 nitrogen and oxygen atoms in total. The van der Waals surface area contributed by atoms with E-state index in [1.807, 2.05) is 0 Å². The van der Waals surface area contributed by atoms with Gasteiger partial charge in [-0.1, -0.05) is 30.4 Å². The van der Waals surface area contributed by atoms with E-state index in [9.17, 15) is 4.39 Å². The number of hydrogen-bond acceptors (Lipinski definition) is 6. The van der Waals surface area contributed by atoms with Crippen LogP contribution in [0, 0.1) is 5.82 Å². The van der Waals surface area contributed by atoms with Gasteiger partial charge in [-0.15, -0.1) is 0 Å². The first-order chi connectivity index (χ1) is 11.7. The molecule has 3 rings (SSSR count). The van der Waals surface area contributed by atoms with E-state index in [1.165, 1.54) is 17.4 Å². The molecule has 0 aliphatic carbocycles. The number of halogens is 1. The molecule has 0 saturated heterocycles. The van der Waals surface area contributed by atoms with Crippen molar-refractivity contribution in [2.45, 2.75) is 13.3 Å². The maximum Gasteiger partial charge on any atom is 0.223 e. The predicted octanol–water partition coefficient (Wildman–Crippen LogP) is 4.27. The molecule has 0 saturated carbocycles. The van der Waals surface area contributed by atoms with Gasteiger partial charge in [-0.3, -0.25) is 0 Å². The second kappa shape index (κ2) is 7.35. The van der Waals surface area contributed by atoms with E-state index in [0.717, 1.165) is 28.7 Å². The number of nitrogens with one attached hydrogen (secondary N) is 2. The highest BCUT2D eigenvalue weighted by Gasteiger charge is 2.13. The minimum Gasteiger partial charge on any atom is -0.362 e. The van der Waals surface area contributed by atoms with E-state index >= 15 is 0 Å². The fourth-order valence-corrected chi connectivity index (χ4v) is 3.00. The quantitative estimate of drug-likeness (QED) is 0.700. The van der Waals surface area contributed by atoms with Gasteiger partial charge in [0.1, 0.15) is 5.82 Å². The Balaban J connectivity index is 2.01. The van der Waals surface area contributed by atoms with Crippen LogP contribution in [0.3, 0.4) is 0 Å². The van der Waals surface area contributed by atoms with Crippen LogP contribution in [0.25, 0.3) is 21.8 Å². The summed E-state index contributed by atoms with van der Waals surface area (Å²) in [6.45, 7) is 2.98. The lowest BCUT2D eigenvalue weighted by Gasteiger charge is -2.07. The Labute approximate surface area is 144 Å². The first kappa shape index (κ1) is 16.3. The number of nitrogens with zero attached hydrogens (tertiary/aromatic N) is 3. The third-order valence-electron chi connectivity index (χ3n) is 3.38. The van der Waals surface area contributed by atoms with Gasteiger partial charge in [-0.05, 0) is 24.6 Å². The van der Waals surface area contributed by atoms with Crippen LogP contribution in [0.1, 0.15) is 13.3 Å². The smallest absolute Gasteiger partial charge is 0.223 e. The molecule has 0 bridgehead atoms. The van der Waals surface area contributed by atoms with Crippen LogP contribution in [-0.2, 0) is 0 Å². The van der Waals surface area contributed by atoms with Crippen molar-refractivity contribution >= 4 is 22.4 Å². The summed E-state index contributed by atoms with van der Waals surface area (Å²) in [5.74, 6) is 0.140. The zero-order valence-corrected chi connectivity index (χ0v) is 14.3. The zero-order valence-electron chi connectivity index (χ0n) is 13.5. The highest BCUT2D eigenvalue weighted by molar-refractivity contribution is 7.18. The number of thiazole rings is 1. The molecule has 7 heteroatoms. The van der Waals surface area contributed by atoms with Gasteiger partial charge in [0.25, 0.3) is 0 Å². The van der Waals surface area contributed by atoms with E-state index in [0.29, 0.717) is 17.2 Å². The second-order valence-corrected chi connectivity index (χ2v) is 6.18. The molecular weight excluding hydrogens is 325 g/mol. The molecule has 0 radical (unpaired) electrons. The number of anilines is 2. The van der Waals surface area contributed by atoms with Gasteiger partial charge in [-0.2, -0.15) is 0 Å². The summed E-state index contributed by atoms with van der Waals surface area (Å²) < 4.78 is 14.1. The molecule has 1 aromatic carbocycles. The summed E-state index contributed by atoms with van der Waals surface area (Å²) in [6.07, 6.45) is 2.80. The van der Waals surface area contributed by atoms with E-state index in [-0.39, 0.29) is 5.82 Å². The minimum atomic E-state index is -0.307. The van der Waals surface area contributed by atoms with Gasteiger partial charge >= 0.3 is 0 Å². The number of hydrogen-bond donors (Lipinski definition) is 2. The van der Waals surface area contributed by atoms with Crippen molar-refractivity contribution in [3.05, 3.63) is 42.3 Å². The molecular formula is C17H18FN5S. The van der Waals surface area contributed by atoms with Crippen LogP contribution in [0.5, 0.6) is 0 Å². The standard InChI is InChI=1S/C17H18FN5S/c1-3-8-20-17-21-10-15(24-17)14-9-13(22-16(19-2)23-14)11-6-4-5-7-12(11)18/h4-7,9-10H,3,8H2,1-2H3,(H,20,21)(H,19,22,23). The van der Waals surface area contributed by atoms with Gasteiger partial charge in [0.05, 0.1) is 16.3 Å². The predicted molar refractivity (Wildman–Crippen MR) is 96.9 cm³/mol. The van der Waals surface area contributed by atoms with Crippen molar-refractivity contribution in [3.63, 3.8) is 0 Å². The summed E-state index contributed by atoms with van der Waals surface area (Å²) in [4.78, 5) is 14.1. The lowest BCUT2D eigenvalue weighted by Crippen LogP contribution is -2.00. The SMILES string of the molecule is CCCNc1ncc(-c2cc(-c3ccccc3F)nc(NC)n2)s1. The average molecular weight is 343 g/mol. The molecule has 0 aliphatic rings. The Kier molecular flexibility index (Phi) is 5.00. The third-order valence-corrected chi connectivity index (χ3v) is 4.36. The van der Waals surface area contributed by atoms with Gasteiger partial charge in [0.2, 0.25) is 5.95 Å². The number of rotatable bonds is 6. The molecule has 0 spiro atoms. The minimum absolute atomic E-state index is 0.307. The van der Waals surface area contributed by atoms with Crippen molar-refractivity contribution in [3.8, 4) is 21.8 Å². The highest BCUT2D eigenvalue weighted by Crippen LogP contribution is 2.31. The van der Waals surface area contributed by atoms with Crippen LogP contribution in [-0.4, -0.2) is 28.5 Å². The lowest BCUT2D eigenvalue weighted by molar-refractivity contribution is 0.630. The monoisotopic (exact) mass is 343 g/mol. The Morgan fingerprint density at radius 1 is 1.17 bits per heavy atom. The van der Waals surface area contributed by atoms with Gasteiger partial charge in [0.15, 0.2) is 5.13 Å². The van der Waals surface area contributed by atoms with Gasteiger partial charge < -0.3 is 10.6 Å². The van der Waals surface area contributed by atoms with Crippen molar-refractivity contribution < 1.29 is 4.39 Å². The highest BCUT2D eigenvalue weighted by atomic mass is 32.1. The van der Waals surface area contributed by atoms with E-state index in [1.54, 1.807) is 37.5 Å². The average Bonchev–Trinajstić information content (AvgIpc) is 3.09. The molecule has 2 aromatic heterocycles. The third kappa shape index (κ3) is 3.51. The summed E-state index contributed by atoms with van der Waals surface area (Å²) in [7, 11) is 1.74. The van der Waals surface area contributed by atoms with E-state index in [4.69, 9.17) is 0 Å². The molecule has 0 amide bonds. The van der Waals surface area contributed by atoms with E-state index in [2.05, 4.69) is 32.5 Å². The van der Waals surface area contributed by atoms with Crippen molar-refractivity contribution in [2.24, 2.45) is 0 Å². The molecule has 124 valence electrons. The van der Waals surface area contributed by atoms with Crippen LogP contribution >= 0.6 is 11.3 Å². The molecule has 24 heavy (non-hydrogen) atoms. The maximum atomic E-state index is 14.1. The molecule has 2 heterocycles. The van der Waals surface area contributed by atoms with Gasteiger partial charge in [-0.25, -0.2) is 19.3 Å². The number of benzene rings is 1. The largest absolute Gasteiger partial charge is 0.362 e. The van der Waals surface area contributed by atoms with Crippen molar-refractivity contribution in [1.82, 2.24) is 15.0 Å². The Morgan fingerprint density at radius 3 is 2.71 bits per heavy atom. The van der Waals surface area contributed by atoms with Crippen LogP contribution < -0.4 is 10.6 Å². The molecule has 0 atom stereocenters. The maximum absolute atomic E-state index is 14.1. The summed E-state index contributed by atoms with van der Waals surface area (Å²) in [6, 6.07) is 8.38. The molecule has 2 N–H and O–H groups in total. The van der Waals surface area contributed by atoms with Crippen LogP contribution in [0.15, 0.2) is 36.5 Å². The normalized spacial score (nSPS) is 10.6. The molecule has 0 aliphatic heterocycles. The fourth-order valence-electron chi connectivity index (χ4n) is 2.20. The molecule has 0 unspecified atom stereocenters. The zero-order chi connectivity index (χ0) is 16.9. The van der Waals surface area contributed by atoms with E-state index < -0.39 is 0 Å². The summed E-state index contributed by atoms with van der Waals surface area (Å²) in [5, 5.41) is 7.04. The topological polar surface area (TPSA) is 62.7 Å². The second-order valence-electron chi connectivity index (χ2n) is 5.15. The first-order valence-corrected chi connectivity index (χ1v) is 8.54. The van der Waals surface area contributed by atoms with Crippen LogP contribution in [0.4, 0.5) is 15.5 Å². The Bertz CT molecular complexity index is 833. The van der Waals surface area contributed by atoms with Crippen molar-refractivity contribution in [2.75, 3.05) is 24.2 Å². The van der Waals surface area contributed by atoms with Crippen LogP contribution in [0.2, 0.25) is 0 Å². The molecule has 3 aromatic rings. The summed E-state index contributed by atoms with van der Waals surface area (Å²) in [5.41, 5.74) is 1.71.